The molecule has 23 heavy (non-hydrogen) atoms. The summed E-state index contributed by atoms with van der Waals surface area (Å²) in [7, 11) is 2.89. The fourth-order valence-electron chi connectivity index (χ4n) is 2.27. The third-order valence-electron chi connectivity index (χ3n) is 3.40. The van der Waals surface area contributed by atoms with E-state index in [0.29, 0.717) is 11.3 Å². The van der Waals surface area contributed by atoms with Gasteiger partial charge in [0.15, 0.2) is 0 Å². The van der Waals surface area contributed by atoms with Gasteiger partial charge in [0.1, 0.15) is 11.4 Å². The molecule has 0 aliphatic carbocycles. The normalized spacial score (nSPS) is 11.8. The van der Waals surface area contributed by atoms with Crippen molar-refractivity contribution in [1.82, 2.24) is 0 Å². The van der Waals surface area contributed by atoms with Gasteiger partial charge >= 0.3 is 11.9 Å². The lowest BCUT2D eigenvalue weighted by Crippen LogP contribution is -2.30. The van der Waals surface area contributed by atoms with Crippen molar-refractivity contribution in [2.75, 3.05) is 14.2 Å². The van der Waals surface area contributed by atoms with Gasteiger partial charge in [-0.05, 0) is 46.2 Å². The van der Waals surface area contributed by atoms with Crippen LogP contribution in [0.4, 0.5) is 0 Å². The van der Waals surface area contributed by atoms with Crippen LogP contribution in [0, 0.1) is 0 Å². The van der Waals surface area contributed by atoms with E-state index in [-0.39, 0.29) is 18.4 Å². The Labute approximate surface area is 137 Å². The Hall–Kier alpha value is -2.04. The Bertz CT molecular complexity index is 582. The minimum Gasteiger partial charge on any atom is -0.496 e. The highest BCUT2D eigenvalue weighted by Crippen LogP contribution is 2.33. The maximum Gasteiger partial charge on any atom is 0.315 e. The van der Waals surface area contributed by atoms with Crippen molar-refractivity contribution in [3.8, 4) is 5.75 Å². The number of hydrogen-bond donors (Lipinski definition) is 0. The fraction of sp³-hybridized carbons (Fsp3) is 0.556. The van der Waals surface area contributed by atoms with E-state index in [2.05, 4.69) is 0 Å². The van der Waals surface area contributed by atoms with Crippen LogP contribution >= 0.6 is 0 Å². The van der Waals surface area contributed by atoms with Gasteiger partial charge in [-0.3, -0.25) is 9.59 Å². The maximum atomic E-state index is 12.0. The van der Waals surface area contributed by atoms with Crippen LogP contribution in [0.2, 0.25) is 0 Å². The number of hydrogen-bond acceptors (Lipinski definition) is 5. The van der Waals surface area contributed by atoms with Crippen LogP contribution in [0.1, 0.15) is 45.7 Å². The monoisotopic (exact) mass is 322 g/mol. The van der Waals surface area contributed by atoms with E-state index in [1.54, 1.807) is 32.0 Å². The van der Waals surface area contributed by atoms with Crippen LogP contribution in [-0.2, 0) is 30.9 Å². The Morgan fingerprint density at radius 3 is 2.13 bits per heavy atom. The minimum absolute atomic E-state index is 0.145. The maximum absolute atomic E-state index is 12.0. The van der Waals surface area contributed by atoms with Gasteiger partial charge in [-0.25, -0.2) is 0 Å². The molecule has 0 radical (unpaired) electrons. The molecule has 0 aliphatic rings. The zero-order valence-corrected chi connectivity index (χ0v) is 15.0. The van der Waals surface area contributed by atoms with Crippen molar-refractivity contribution in [3.05, 3.63) is 29.3 Å². The highest BCUT2D eigenvalue weighted by molar-refractivity contribution is 5.83. The van der Waals surface area contributed by atoms with Crippen molar-refractivity contribution < 1.29 is 23.8 Å². The zero-order valence-electron chi connectivity index (χ0n) is 15.0. The predicted molar refractivity (Wildman–Crippen MR) is 87.6 cm³/mol. The number of esters is 2. The van der Waals surface area contributed by atoms with Crippen molar-refractivity contribution in [2.45, 2.75) is 52.1 Å². The van der Waals surface area contributed by atoms with E-state index in [0.717, 1.165) is 5.56 Å². The molecule has 128 valence electrons. The number of ether oxygens (including phenoxy) is 3. The largest absolute Gasteiger partial charge is 0.496 e. The van der Waals surface area contributed by atoms with Gasteiger partial charge in [0.05, 0.1) is 26.1 Å². The Kier molecular flexibility index (Phi) is 5.81. The molecule has 0 aliphatic heterocycles. The van der Waals surface area contributed by atoms with E-state index in [4.69, 9.17) is 14.2 Å². The van der Waals surface area contributed by atoms with Crippen LogP contribution in [0.5, 0.6) is 5.75 Å². The summed E-state index contributed by atoms with van der Waals surface area (Å²) in [6.45, 7) is 9.02. The molecule has 0 aromatic heterocycles. The van der Waals surface area contributed by atoms with Gasteiger partial charge in [0, 0.05) is 5.56 Å². The molecule has 0 unspecified atom stereocenters. The number of methoxy groups -OCH3 is 2. The van der Waals surface area contributed by atoms with E-state index in [9.17, 15) is 9.59 Å². The van der Waals surface area contributed by atoms with E-state index in [1.165, 1.54) is 14.2 Å². The quantitative estimate of drug-likeness (QED) is 0.780. The highest BCUT2D eigenvalue weighted by Gasteiger charge is 2.34. The van der Waals surface area contributed by atoms with E-state index < -0.39 is 11.0 Å². The molecular weight excluding hydrogens is 296 g/mol. The molecule has 0 heterocycles. The third kappa shape index (κ3) is 4.98. The van der Waals surface area contributed by atoms with Crippen molar-refractivity contribution in [2.24, 2.45) is 0 Å². The average Bonchev–Trinajstić information content (AvgIpc) is 2.43. The number of rotatable bonds is 5. The average molecular weight is 322 g/mol. The molecule has 0 amide bonds. The molecule has 0 bridgehead atoms. The molecule has 1 rings (SSSR count). The van der Waals surface area contributed by atoms with Crippen molar-refractivity contribution >= 4 is 11.9 Å². The molecule has 0 atom stereocenters. The van der Waals surface area contributed by atoms with Gasteiger partial charge in [0.2, 0.25) is 0 Å². The second kappa shape index (κ2) is 7.02. The number of carbonyl (C=O) groups is 2. The lowest BCUT2D eigenvalue weighted by molar-refractivity contribution is -0.154. The first-order chi connectivity index (χ1) is 10.5. The first-order valence-corrected chi connectivity index (χ1v) is 7.49. The molecule has 0 saturated carbocycles. The fourth-order valence-corrected chi connectivity index (χ4v) is 2.27. The molecule has 5 heteroatoms. The van der Waals surface area contributed by atoms with Crippen LogP contribution in [0.15, 0.2) is 18.2 Å². The van der Waals surface area contributed by atoms with E-state index in [1.807, 2.05) is 20.8 Å². The topological polar surface area (TPSA) is 61.8 Å². The summed E-state index contributed by atoms with van der Waals surface area (Å²) in [4.78, 5) is 23.9. The second-order valence-corrected chi connectivity index (χ2v) is 6.91. The van der Waals surface area contributed by atoms with Gasteiger partial charge in [-0.15, -0.1) is 0 Å². The molecule has 0 N–H and O–H groups in total. The molecule has 1 aromatic rings. The van der Waals surface area contributed by atoms with Gasteiger partial charge < -0.3 is 14.2 Å². The second-order valence-electron chi connectivity index (χ2n) is 6.91. The highest BCUT2D eigenvalue weighted by atomic mass is 16.6. The third-order valence-corrected chi connectivity index (χ3v) is 3.40. The first kappa shape index (κ1) is 19.0. The van der Waals surface area contributed by atoms with Crippen LogP contribution in [0.3, 0.4) is 0 Å². The lowest BCUT2D eigenvalue weighted by atomic mass is 9.83. The standard InChI is InChI=1S/C18H26O5/c1-17(2,3)23-15(19)11-12-8-9-13(14(10-12)21-6)18(4,5)16(20)22-7/h8-10H,11H2,1-7H3. The molecule has 1 aromatic carbocycles. The smallest absolute Gasteiger partial charge is 0.315 e. The lowest BCUT2D eigenvalue weighted by Gasteiger charge is -2.25. The number of carbonyl (C=O) groups excluding carboxylic acids is 2. The van der Waals surface area contributed by atoms with Gasteiger partial charge in [-0.1, -0.05) is 12.1 Å². The van der Waals surface area contributed by atoms with E-state index >= 15 is 0 Å². The van der Waals surface area contributed by atoms with Crippen LogP contribution < -0.4 is 4.74 Å². The molecule has 0 saturated heterocycles. The summed E-state index contributed by atoms with van der Waals surface area (Å²) >= 11 is 0. The Morgan fingerprint density at radius 2 is 1.65 bits per heavy atom. The zero-order chi connectivity index (χ0) is 17.8. The predicted octanol–water partition coefficient (Wildman–Crippen LogP) is 3.03. The van der Waals surface area contributed by atoms with Gasteiger partial charge in [-0.2, -0.15) is 0 Å². The van der Waals surface area contributed by atoms with Crippen LogP contribution in [0.25, 0.3) is 0 Å². The molecule has 0 fully saturated rings. The summed E-state index contributed by atoms with van der Waals surface area (Å²) in [5.74, 6) is -0.114. The number of benzene rings is 1. The minimum atomic E-state index is -0.843. The Balaban J connectivity index is 3.06. The summed E-state index contributed by atoms with van der Waals surface area (Å²) < 4.78 is 15.6. The molecule has 0 spiro atoms. The first-order valence-electron chi connectivity index (χ1n) is 7.49. The summed E-state index contributed by atoms with van der Waals surface area (Å²) in [6.07, 6.45) is 0.145. The van der Waals surface area contributed by atoms with Gasteiger partial charge in [0.25, 0.3) is 0 Å². The summed E-state index contributed by atoms with van der Waals surface area (Å²) in [6, 6.07) is 5.34. The molecule has 5 nitrogen and oxygen atoms in total. The summed E-state index contributed by atoms with van der Waals surface area (Å²) in [5.41, 5.74) is 0.110. The SMILES string of the molecule is COC(=O)C(C)(C)c1ccc(CC(=O)OC(C)(C)C)cc1OC. The van der Waals surface area contributed by atoms with Crippen molar-refractivity contribution in [1.29, 1.82) is 0 Å². The summed E-state index contributed by atoms with van der Waals surface area (Å²) in [5, 5.41) is 0. The van der Waals surface area contributed by atoms with Crippen LogP contribution in [-0.4, -0.2) is 31.8 Å². The molecular formula is C18H26O5. The van der Waals surface area contributed by atoms with Crippen molar-refractivity contribution in [3.63, 3.8) is 0 Å². The Morgan fingerprint density at radius 1 is 1.04 bits per heavy atom.